The van der Waals surface area contributed by atoms with Crippen LogP contribution in [-0.2, 0) is 21.5 Å². The predicted octanol–water partition coefficient (Wildman–Crippen LogP) is 5.64. The maximum atomic E-state index is 11.5. The Bertz CT molecular complexity index is 1550. The lowest BCUT2D eigenvalue weighted by atomic mass is 9.96. The molecule has 0 radical (unpaired) electrons. The number of ether oxygens (including phenoxy) is 5. The molecule has 0 heterocycles. The zero-order valence-corrected chi connectivity index (χ0v) is 23.4. The Morgan fingerprint density at radius 1 is 0.750 bits per heavy atom. The lowest BCUT2D eigenvalue weighted by Crippen LogP contribution is -2.06. The molecule has 40 heavy (non-hydrogen) atoms. The van der Waals surface area contributed by atoms with Gasteiger partial charge in [-0.1, -0.05) is 48.5 Å². The highest BCUT2D eigenvalue weighted by atomic mass is 32.2. The van der Waals surface area contributed by atoms with Gasteiger partial charge in [0.15, 0.2) is 29.8 Å². The Morgan fingerprint density at radius 3 is 2.05 bits per heavy atom. The molecule has 210 valence electrons. The van der Waals surface area contributed by atoms with Crippen LogP contribution >= 0.6 is 0 Å². The largest absolute Gasteiger partial charge is 0.504 e. The lowest BCUT2D eigenvalue weighted by Gasteiger charge is -2.21. The summed E-state index contributed by atoms with van der Waals surface area (Å²) < 4.78 is 56.5. The zero-order valence-electron chi connectivity index (χ0n) is 22.5. The zero-order chi connectivity index (χ0) is 28.7. The van der Waals surface area contributed by atoms with Crippen LogP contribution in [0, 0.1) is 0 Å². The van der Waals surface area contributed by atoms with Gasteiger partial charge in [0.2, 0.25) is 0 Å². The number of phenolic OH excluding ortho intramolecular Hbond substituents is 1. The first-order valence-corrected chi connectivity index (χ1v) is 14.0. The topological polar surface area (TPSA) is 110 Å². The van der Waals surface area contributed by atoms with E-state index < -0.39 is 10.1 Å². The van der Waals surface area contributed by atoms with Crippen LogP contribution in [0.15, 0.2) is 78.9 Å². The minimum Gasteiger partial charge on any atom is -0.504 e. The van der Waals surface area contributed by atoms with Crippen molar-refractivity contribution in [1.29, 1.82) is 0 Å². The van der Waals surface area contributed by atoms with E-state index in [9.17, 15) is 13.5 Å². The highest BCUT2D eigenvalue weighted by Gasteiger charge is 2.24. The van der Waals surface area contributed by atoms with Crippen LogP contribution in [0.2, 0.25) is 0 Å². The van der Waals surface area contributed by atoms with E-state index in [2.05, 4.69) is 0 Å². The molecule has 0 bridgehead atoms. The second-order valence-corrected chi connectivity index (χ2v) is 10.3. The third-order valence-corrected chi connectivity index (χ3v) is 6.34. The van der Waals surface area contributed by atoms with Crippen molar-refractivity contribution >= 4 is 10.1 Å². The maximum Gasteiger partial charge on any atom is 0.306 e. The van der Waals surface area contributed by atoms with E-state index in [1.165, 1.54) is 33.5 Å². The van der Waals surface area contributed by atoms with Gasteiger partial charge in [0.1, 0.15) is 18.1 Å². The molecule has 10 heteroatoms. The number of methoxy groups -OCH3 is 3. The van der Waals surface area contributed by atoms with Crippen molar-refractivity contribution in [2.45, 2.75) is 6.61 Å². The first kappa shape index (κ1) is 28.6. The summed E-state index contributed by atoms with van der Waals surface area (Å²) in [6.45, 7) is 0.219. The second-order valence-electron chi connectivity index (χ2n) is 8.68. The molecule has 0 atom stereocenters. The van der Waals surface area contributed by atoms with Crippen molar-refractivity contribution in [3.05, 3.63) is 84.4 Å². The van der Waals surface area contributed by atoms with Gasteiger partial charge in [0.25, 0.3) is 0 Å². The summed E-state index contributed by atoms with van der Waals surface area (Å²) in [5.41, 5.74) is 3.40. The van der Waals surface area contributed by atoms with Crippen LogP contribution < -0.4 is 23.1 Å². The molecule has 0 fully saturated rings. The Kier molecular flexibility index (Phi) is 9.03. The standard InChI is InChI=1S/C30H30O9S/c1-34-19-38-30-28(22-12-15-26(25(31)16-22)37-18-20-8-6-5-7-9-20)27(35-2)17-24(29(30)36-3)21-10-13-23(14-11-21)39-40(4,32)33/h5-17,31H,18-19H2,1-4H3. The maximum absolute atomic E-state index is 11.5. The predicted molar refractivity (Wildman–Crippen MR) is 151 cm³/mol. The minimum absolute atomic E-state index is 0.0577. The van der Waals surface area contributed by atoms with Crippen LogP contribution in [0.25, 0.3) is 22.3 Å². The number of hydrogen-bond donors (Lipinski definition) is 1. The lowest BCUT2D eigenvalue weighted by molar-refractivity contribution is 0.0495. The molecule has 0 saturated carbocycles. The van der Waals surface area contributed by atoms with Crippen LogP contribution in [0.5, 0.6) is 34.5 Å². The smallest absolute Gasteiger partial charge is 0.306 e. The van der Waals surface area contributed by atoms with Crippen molar-refractivity contribution < 1.29 is 41.4 Å². The van der Waals surface area contributed by atoms with E-state index in [4.69, 9.17) is 27.9 Å². The number of hydrogen-bond acceptors (Lipinski definition) is 9. The van der Waals surface area contributed by atoms with Crippen LogP contribution in [0.4, 0.5) is 0 Å². The van der Waals surface area contributed by atoms with E-state index in [0.29, 0.717) is 51.9 Å². The van der Waals surface area contributed by atoms with Gasteiger partial charge in [0, 0.05) is 12.7 Å². The van der Waals surface area contributed by atoms with E-state index in [1.54, 1.807) is 36.4 Å². The third-order valence-electron chi connectivity index (χ3n) is 5.84. The molecule has 0 spiro atoms. The van der Waals surface area contributed by atoms with Crippen molar-refractivity contribution in [2.75, 3.05) is 34.4 Å². The Balaban J connectivity index is 1.77. The minimum atomic E-state index is -3.66. The summed E-state index contributed by atoms with van der Waals surface area (Å²) in [6, 6.07) is 22.9. The molecule has 4 aromatic rings. The first-order valence-electron chi connectivity index (χ1n) is 12.1. The van der Waals surface area contributed by atoms with Gasteiger partial charge >= 0.3 is 10.1 Å². The summed E-state index contributed by atoms with van der Waals surface area (Å²) in [5, 5.41) is 10.8. The molecule has 1 N–H and O–H groups in total. The van der Waals surface area contributed by atoms with E-state index in [-0.39, 0.29) is 18.3 Å². The summed E-state index contributed by atoms with van der Waals surface area (Å²) in [5.74, 6) is 1.59. The Morgan fingerprint density at radius 2 is 1.45 bits per heavy atom. The third kappa shape index (κ3) is 6.77. The molecule has 9 nitrogen and oxygen atoms in total. The molecule has 0 saturated heterocycles. The van der Waals surface area contributed by atoms with Crippen LogP contribution in [0.3, 0.4) is 0 Å². The van der Waals surface area contributed by atoms with Crippen molar-refractivity contribution in [2.24, 2.45) is 0 Å². The van der Waals surface area contributed by atoms with Crippen LogP contribution in [0.1, 0.15) is 5.56 Å². The fraction of sp³-hybridized carbons (Fsp3) is 0.200. The first-order chi connectivity index (χ1) is 19.2. The molecule has 4 rings (SSSR count). The highest BCUT2D eigenvalue weighted by Crippen LogP contribution is 2.51. The molecule has 4 aromatic carbocycles. The summed E-state index contributed by atoms with van der Waals surface area (Å²) in [6.07, 6.45) is 0.979. The van der Waals surface area contributed by atoms with Gasteiger partial charge in [-0.05, 0) is 47.0 Å². The van der Waals surface area contributed by atoms with Crippen molar-refractivity contribution in [1.82, 2.24) is 0 Å². The monoisotopic (exact) mass is 566 g/mol. The van der Waals surface area contributed by atoms with E-state index >= 15 is 0 Å². The van der Waals surface area contributed by atoms with Crippen LogP contribution in [-0.4, -0.2) is 47.9 Å². The van der Waals surface area contributed by atoms with Crippen molar-refractivity contribution in [3.63, 3.8) is 0 Å². The molecule has 0 aliphatic rings. The fourth-order valence-corrected chi connectivity index (χ4v) is 4.58. The van der Waals surface area contributed by atoms with Crippen molar-refractivity contribution in [3.8, 4) is 56.8 Å². The molecule has 0 aromatic heterocycles. The van der Waals surface area contributed by atoms with Gasteiger partial charge in [-0.2, -0.15) is 8.42 Å². The highest BCUT2D eigenvalue weighted by molar-refractivity contribution is 7.86. The van der Waals surface area contributed by atoms with Gasteiger partial charge in [-0.3, -0.25) is 0 Å². The average molecular weight is 567 g/mol. The number of phenols is 1. The number of benzene rings is 4. The molecule has 0 aliphatic heterocycles. The average Bonchev–Trinajstić information content (AvgIpc) is 2.94. The molecule has 0 aliphatic carbocycles. The normalized spacial score (nSPS) is 11.1. The van der Waals surface area contributed by atoms with Gasteiger partial charge in [-0.25, -0.2) is 0 Å². The van der Waals surface area contributed by atoms with Gasteiger partial charge < -0.3 is 33.0 Å². The second kappa shape index (κ2) is 12.6. The molecule has 0 unspecified atom stereocenters. The van der Waals surface area contributed by atoms with Gasteiger partial charge in [-0.15, -0.1) is 0 Å². The Labute approximate surface area is 233 Å². The molecule has 0 amide bonds. The molecular formula is C30H30O9S. The number of rotatable bonds is 12. The quantitative estimate of drug-likeness (QED) is 0.172. The fourth-order valence-electron chi connectivity index (χ4n) is 4.12. The Hall–Kier alpha value is -4.41. The summed E-state index contributed by atoms with van der Waals surface area (Å²) in [4.78, 5) is 0. The van der Waals surface area contributed by atoms with E-state index in [0.717, 1.165) is 11.8 Å². The summed E-state index contributed by atoms with van der Waals surface area (Å²) >= 11 is 0. The van der Waals surface area contributed by atoms with Gasteiger partial charge in [0.05, 0.1) is 26.0 Å². The SMILES string of the molecule is COCOc1c(OC)c(-c2ccc(OS(C)(=O)=O)cc2)cc(OC)c1-c1ccc(OCc2ccccc2)c(O)c1. The molecular weight excluding hydrogens is 536 g/mol. The summed E-state index contributed by atoms with van der Waals surface area (Å²) in [7, 11) is 0.866. The number of aromatic hydroxyl groups is 1. The van der Waals surface area contributed by atoms with E-state index in [1.807, 2.05) is 30.3 Å².